The molecule has 2 atom stereocenters. The second kappa shape index (κ2) is 14.7. The number of rotatable bonds is 15. The first-order chi connectivity index (χ1) is 19.9. The molecular weight excluding hydrogens is 510 g/mol. The molecule has 0 spiro atoms. The Balaban J connectivity index is 1.59. The molecule has 0 unspecified atom stereocenters. The highest BCUT2D eigenvalue weighted by Crippen LogP contribution is 2.38. The van der Waals surface area contributed by atoms with Crippen molar-refractivity contribution in [1.29, 1.82) is 0 Å². The summed E-state index contributed by atoms with van der Waals surface area (Å²) < 4.78 is 14.0. The number of hydrogen-bond donors (Lipinski definition) is 1. The van der Waals surface area contributed by atoms with Crippen molar-refractivity contribution >= 4 is 16.8 Å². The van der Waals surface area contributed by atoms with Crippen LogP contribution in [-0.2, 0) is 18.4 Å². The number of carbonyl (C=O) groups excluding carboxylic acids is 1. The van der Waals surface area contributed by atoms with Crippen LogP contribution in [0.4, 0.5) is 0 Å². The van der Waals surface area contributed by atoms with E-state index < -0.39 is 0 Å². The molecule has 0 aliphatic carbocycles. The minimum atomic E-state index is -0.144. The Kier molecular flexibility index (Phi) is 10.9. The van der Waals surface area contributed by atoms with E-state index in [9.17, 15) is 4.79 Å². The number of benzene rings is 3. The van der Waals surface area contributed by atoms with Crippen LogP contribution in [0, 0.1) is 0 Å². The van der Waals surface area contributed by atoms with Crippen LogP contribution < -0.4 is 14.8 Å². The molecule has 218 valence electrons. The largest absolute Gasteiger partial charge is 0.493 e. The summed E-state index contributed by atoms with van der Waals surface area (Å²) in [6, 6.07) is 24.6. The third kappa shape index (κ3) is 7.92. The number of nitrogens with one attached hydrogen (secondary N) is 1. The molecule has 0 fully saturated rings. The van der Waals surface area contributed by atoms with Gasteiger partial charge in [-0.2, -0.15) is 0 Å². The average molecular weight is 556 g/mol. The number of hydrogen-bond acceptors (Lipinski definition) is 4. The lowest BCUT2D eigenvalue weighted by Gasteiger charge is -2.22. The van der Waals surface area contributed by atoms with Gasteiger partial charge in [0.25, 0.3) is 0 Å². The summed E-state index contributed by atoms with van der Waals surface area (Å²) in [5.74, 6) is 1.26. The van der Waals surface area contributed by atoms with Crippen LogP contribution in [0.1, 0.15) is 62.6 Å². The molecule has 1 amide bonds. The average Bonchev–Trinajstić information content (AvgIpc) is 3.33. The van der Waals surface area contributed by atoms with E-state index >= 15 is 0 Å². The van der Waals surface area contributed by atoms with Crippen LogP contribution >= 0.6 is 0 Å². The zero-order valence-electron chi connectivity index (χ0n) is 25.2. The Labute approximate surface area is 245 Å². The lowest BCUT2D eigenvalue weighted by molar-refractivity contribution is -0.121. The Morgan fingerprint density at radius 2 is 1.71 bits per heavy atom. The van der Waals surface area contributed by atoms with Crippen molar-refractivity contribution in [2.45, 2.75) is 58.6 Å². The molecule has 0 aliphatic heterocycles. The van der Waals surface area contributed by atoms with Gasteiger partial charge in [-0.25, -0.2) is 0 Å². The van der Waals surface area contributed by atoms with E-state index in [2.05, 4.69) is 79.1 Å². The number of para-hydroxylation sites is 1. The van der Waals surface area contributed by atoms with Gasteiger partial charge in [-0.1, -0.05) is 68.4 Å². The molecule has 0 bridgehead atoms. The van der Waals surface area contributed by atoms with Crippen molar-refractivity contribution < 1.29 is 14.3 Å². The van der Waals surface area contributed by atoms with Gasteiger partial charge in [-0.05, 0) is 74.3 Å². The van der Waals surface area contributed by atoms with Crippen molar-refractivity contribution in [3.63, 3.8) is 0 Å². The van der Waals surface area contributed by atoms with E-state index in [1.165, 1.54) is 0 Å². The van der Waals surface area contributed by atoms with Crippen molar-refractivity contribution in [3.05, 3.63) is 95.7 Å². The van der Waals surface area contributed by atoms with Gasteiger partial charge in [-0.3, -0.25) is 4.79 Å². The highest BCUT2D eigenvalue weighted by atomic mass is 16.5. The molecule has 4 rings (SSSR count). The minimum Gasteiger partial charge on any atom is -0.493 e. The first kappa shape index (κ1) is 30.2. The monoisotopic (exact) mass is 555 g/mol. The minimum absolute atomic E-state index is 0.0563. The molecule has 0 aliphatic rings. The molecule has 0 saturated heterocycles. The molecule has 41 heavy (non-hydrogen) atoms. The summed E-state index contributed by atoms with van der Waals surface area (Å²) in [5, 5.41) is 4.43. The van der Waals surface area contributed by atoms with E-state index in [1.807, 2.05) is 42.5 Å². The third-order valence-corrected chi connectivity index (χ3v) is 7.93. The topological polar surface area (TPSA) is 55.7 Å². The van der Waals surface area contributed by atoms with Crippen molar-refractivity contribution in [1.82, 2.24) is 14.8 Å². The quantitative estimate of drug-likeness (QED) is 0.173. The van der Waals surface area contributed by atoms with Crippen molar-refractivity contribution in [2.24, 2.45) is 7.05 Å². The number of aryl methyl sites for hydroxylation is 1. The first-order valence-corrected chi connectivity index (χ1v) is 14.8. The number of methoxy groups -OCH3 is 1. The second-order valence-electron chi connectivity index (χ2n) is 10.8. The molecule has 1 N–H and O–H groups in total. The van der Waals surface area contributed by atoms with Gasteiger partial charge in [0.2, 0.25) is 5.91 Å². The molecule has 6 heteroatoms. The number of amides is 1. The molecule has 6 nitrogen and oxygen atoms in total. The number of aromatic nitrogens is 1. The highest BCUT2D eigenvalue weighted by Gasteiger charge is 2.24. The molecule has 1 heterocycles. The summed E-state index contributed by atoms with van der Waals surface area (Å²) in [4.78, 5) is 15.9. The van der Waals surface area contributed by atoms with Gasteiger partial charge in [0.1, 0.15) is 6.61 Å². The van der Waals surface area contributed by atoms with Crippen LogP contribution in [-0.4, -0.2) is 48.2 Å². The summed E-state index contributed by atoms with van der Waals surface area (Å²) in [5.41, 5.74) is 4.38. The van der Waals surface area contributed by atoms with Gasteiger partial charge in [0, 0.05) is 42.5 Å². The van der Waals surface area contributed by atoms with Crippen LogP contribution in [0.5, 0.6) is 11.5 Å². The van der Waals surface area contributed by atoms with Crippen LogP contribution in [0.15, 0.2) is 79.0 Å². The summed E-state index contributed by atoms with van der Waals surface area (Å²) in [6.07, 6.45) is 4.53. The summed E-state index contributed by atoms with van der Waals surface area (Å²) in [6.45, 7) is 10.1. The zero-order chi connectivity index (χ0) is 29.2. The lowest BCUT2D eigenvalue weighted by Crippen LogP contribution is -2.34. The predicted molar refractivity (Wildman–Crippen MR) is 168 cm³/mol. The van der Waals surface area contributed by atoms with E-state index in [0.717, 1.165) is 60.1 Å². The van der Waals surface area contributed by atoms with Gasteiger partial charge < -0.3 is 24.3 Å². The zero-order valence-corrected chi connectivity index (χ0v) is 25.2. The molecule has 3 aromatic carbocycles. The summed E-state index contributed by atoms with van der Waals surface area (Å²) >= 11 is 0. The summed E-state index contributed by atoms with van der Waals surface area (Å²) in [7, 11) is 3.71. The molecule has 4 aromatic rings. The van der Waals surface area contributed by atoms with Gasteiger partial charge >= 0.3 is 0 Å². The SMILES string of the molecule is CCN(CC)CCC[C@H](C)NC(=O)C[C@@H](c1ccc(OC)c(OCc2ccccc2)c1)c1cn(C)c2ccccc12. The van der Waals surface area contributed by atoms with E-state index in [1.54, 1.807) is 7.11 Å². The normalized spacial score (nSPS) is 12.8. The lowest BCUT2D eigenvalue weighted by atomic mass is 9.87. The van der Waals surface area contributed by atoms with Crippen molar-refractivity contribution in [2.75, 3.05) is 26.7 Å². The second-order valence-corrected chi connectivity index (χ2v) is 10.8. The van der Waals surface area contributed by atoms with E-state index in [-0.39, 0.29) is 17.9 Å². The number of nitrogens with zero attached hydrogens (tertiary/aromatic N) is 2. The maximum Gasteiger partial charge on any atom is 0.221 e. The van der Waals surface area contributed by atoms with E-state index in [4.69, 9.17) is 9.47 Å². The van der Waals surface area contributed by atoms with Gasteiger partial charge in [0.15, 0.2) is 11.5 Å². The molecular formula is C35H45N3O3. The molecule has 0 saturated carbocycles. The molecule has 0 radical (unpaired) electrons. The number of fused-ring (bicyclic) bond motifs is 1. The van der Waals surface area contributed by atoms with E-state index in [0.29, 0.717) is 24.5 Å². The Hall–Kier alpha value is -3.77. The highest BCUT2D eigenvalue weighted by molar-refractivity contribution is 5.86. The molecule has 1 aromatic heterocycles. The Morgan fingerprint density at radius 1 is 0.976 bits per heavy atom. The maximum absolute atomic E-state index is 13.5. The number of ether oxygens (including phenoxy) is 2. The van der Waals surface area contributed by atoms with Crippen LogP contribution in [0.2, 0.25) is 0 Å². The Morgan fingerprint density at radius 3 is 2.44 bits per heavy atom. The predicted octanol–water partition coefficient (Wildman–Crippen LogP) is 6.91. The maximum atomic E-state index is 13.5. The number of carbonyl (C=O) groups is 1. The standard InChI is InChI=1S/C35H45N3O3/c1-6-38(7-2)21-13-14-26(3)36-35(39)23-30(31-24-37(4)32-18-12-11-17-29(31)32)28-19-20-33(40-5)34(22-28)41-25-27-15-9-8-10-16-27/h8-12,15-20,22,24,26,30H,6-7,13-14,21,23,25H2,1-5H3,(H,36,39)/t26-,30-/m0/s1. The third-order valence-electron chi connectivity index (χ3n) is 7.93. The van der Waals surface area contributed by atoms with Crippen LogP contribution in [0.3, 0.4) is 0 Å². The van der Waals surface area contributed by atoms with Gasteiger partial charge in [0.05, 0.1) is 7.11 Å². The van der Waals surface area contributed by atoms with Crippen molar-refractivity contribution in [3.8, 4) is 11.5 Å². The fourth-order valence-corrected chi connectivity index (χ4v) is 5.57. The fraction of sp³-hybridized carbons (Fsp3) is 0.400. The van der Waals surface area contributed by atoms with Crippen LogP contribution in [0.25, 0.3) is 10.9 Å². The fourth-order valence-electron chi connectivity index (χ4n) is 5.57. The Bertz CT molecular complexity index is 1390. The first-order valence-electron chi connectivity index (χ1n) is 14.8. The smallest absolute Gasteiger partial charge is 0.221 e. The van der Waals surface area contributed by atoms with Gasteiger partial charge in [-0.15, -0.1) is 0 Å².